The van der Waals surface area contributed by atoms with E-state index in [4.69, 9.17) is 0 Å². The van der Waals surface area contributed by atoms with Gasteiger partial charge in [0.25, 0.3) is 5.91 Å². The van der Waals surface area contributed by atoms with Crippen molar-refractivity contribution in [1.29, 1.82) is 0 Å². The molecule has 1 aliphatic rings. The number of pyridine rings is 1. The fourth-order valence-electron chi connectivity index (χ4n) is 3.23. The number of amides is 1. The van der Waals surface area contributed by atoms with Crippen LogP contribution in [-0.2, 0) is 6.18 Å². The van der Waals surface area contributed by atoms with Gasteiger partial charge in [0.05, 0.1) is 5.69 Å². The van der Waals surface area contributed by atoms with Crippen molar-refractivity contribution in [2.24, 2.45) is 0 Å². The number of fused-ring (bicyclic) bond motifs is 1. The molecule has 0 radical (unpaired) electrons. The maximum atomic E-state index is 13.3. The van der Waals surface area contributed by atoms with Gasteiger partial charge in [0.2, 0.25) is 0 Å². The van der Waals surface area contributed by atoms with Gasteiger partial charge in [-0.15, -0.1) is 11.3 Å². The van der Waals surface area contributed by atoms with Crippen LogP contribution in [0.5, 0.6) is 0 Å². The van der Waals surface area contributed by atoms with E-state index in [1.807, 2.05) is 37.3 Å². The summed E-state index contributed by atoms with van der Waals surface area (Å²) in [4.78, 5) is 16.9. The third-order valence-corrected chi connectivity index (χ3v) is 5.63. The van der Waals surface area contributed by atoms with E-state index < -0.39 is 23.9 Å². The largest absolute Gasteiger partial charge is 0.433 e. The van der Waals surface area contributed by atoms with Crippen molar-refractivity contribution >= 4 is 22.9 Å². The SMILES string of the molecule is CC(c1ccccc1)C1NC(=O)c2nc(C(F)(F)F)cc(-c3cccs3)c2N1. The summed E-state index contributed by atoms with van der Waals surface area (Å²) >= 11 is 1.31. The van der Waals surface area contributed by atoms with E-state index in [0.29, 0.717) is 16.1 Å². The summed E-state index contributed by atoms with van der Waals surface area (Å²) in [7, 11) is 0. The molecule has 0 bridgehead atoms. The minimum Gasteiger partial charge on any atom is -0.362 e. The highest BCUT2D eigenvalue weighted by molar-refractivity contribution is 7.13. The van der Waals surface area contributed by atoms with Gasteiger partial charge >= 0.3 is 6.18 Å². The molecule has 0 aliphatic carbocycles. The van der Waals surface area contributed by atoms with E-state index in [0.717, 1.165) is 11.6 Å². The molecule has 8 heteroatoms. The molecule has 28 heavy (non-hydrogen) atoms. The van der Waals surface area contributed by atoms with Gasteiger partial charge in [-0.05, 0) is 23.1 Å². The zero-order valence-corrected chi connectivity index (χ0v) is 15.6. The third-order valence-electron chi connectivity index (χ3n) is 4.72. The average Bonchev–Trinajstić information content (AvgIpc) is 3.21. The number of alkyl halides is 3. The highest BCUT2D eigenvalue weighted by Crippen LogP contribution is 2.40. The van der Waals surface area contributed by atoms with Crippen molar-refractivity contribution in [3.63, 3.8) is 0 Å². The number of carbonyl (C=O) groups excluding carboxylic acids is 1. The number of aromatic nitrogens is 1. The van der Waals surface area contributed by atoms with Gasteiger partial charge in [0, 0.05) is 16.4 Å². The summed E-state index contributed by atoms with van der Waals surface area (Å²) in [5.74, 6) is -0.720. The Kier molecular flexibility index (Phi) is 4.58. The second-order valence-electron chi connectivity index (χ2n) is 6.55. The Balaban J connectivity index is 1.80. The number of nitrogens with zero attached hydrogens (tertiary/aromatic N) is 1. The number of carbonyl (C=O) groups is 1. The highest BCUT2D eigenvalue weighted by Gasteiger charge is 2.38. The number of benzene rings is 1. The van der Waals surface area contributed by atoms with E-state index >= 15 is 0 Å². The van der Waals surface area contributed by atoms with E-state index in [9.17, 15) is 18.0 Å². The quantitative estimate of drug-likeness (QED) is 0.639. The second kappa shape index (κ2) is 6.94. The van der Waals surface area contributed by atoms with Crippen LogP contribution in [0.2, 0.25) is 0 Å². The Morgan fingerprint density at radius 2 is 1.86 bits per heavy atom. The fourth-order valence-corrected chi connectivity index (χ4v) is 3.98. The molecule has 1 amide bonds. The van der Waals surface area contributed by atoms with E-state index in [1.54, 1.807) is 17.5 Å². The van der Waals surface area contributed by atoms with E-state index in [-0.39, 0.29) is 11.6 Å². The van der Waals surface area contributed by atoms with Gasteiger partial charge in [-0.25, -0.2) is 4.98 Å². The van der Waals surface area contributed by atoms with Crippen LogP contribution in [0.3, 0.4) is 0 Å². The van der Waals surface area contributed by atoms with Crippen LogP contribution in [0.25, 0.3) is 10.4 Å². The lowest BCUT2D eigenvalue weighted by atomic mass is 9.95. The van der Waals surface area contributed by atoms with Crippen molar-refractivity contribution in [2.45, 2.75) is 25.2 Å². The minimum absolute atomic E-state index is 0.100. The summed E-state index contributed by atoms with van der Waals surface area (Å²) in [5, 5.41) is 7.73. The zero-order chi connectivity index (χ0) is 19.9. The number of anilines is 1. The Bertz CT molecular complexity index is 1000. The zero-order valence-electron chi connectivity index (χ0n) is 14.7. The molecular weight excluding hydrogens is 387 g/mol. The van der Waals surface area contributed by atoms with Crippen LogP contribution >= 0.6 is 11.3 Å². The molecule has 3 aromatic rings. The normalized spacial score (nSPS) is 17.4. The van der Waals surface area contributed by atoms with Crippen LogP contribution < -0.4 is 10.6 Å². The number of halogens is 3. The van der Waals surface area contributed by atoms with Gasteiger partial charge < -0.3 is 10.6 Å². The smallest absolute Gasteiger partial charge is 0.362 e. The molecule has 144 valence electrons. The average molecular weight is 403 g/mol. The van der Waals surface area contributed by atoms with Crippen LogP contribution in [0.1, 0.15) is 34.6 Å². The van der Waals surface area contributed by atoms with Gasteiger partial charge in [-0.2, -0.15) is 13.2 Å². The summed E-state index contributed by atoms with van der Waals surface area (Å²) < 4.78 is 40.0. The van der Waals surface area contributed by atoms with Crippen molar-refractivity contribution in [3.8, 4) is 10.4 Å². The molecule has 2 N–H and O–H groups in total. The fraction of sp³-hybridized carbons (Fsp3) is 0.200. The molecule has 2 atom stereocenters. The number of hydrogen-bond donors (Lipinski definition) is 2. The van der Waals surface area contributed by atoms with Gasteiger partial charge in [0.15, 0.2) is 5.69 Å². The Morgan fingerprint density at radius 3 is 2.50 bits per heavy atom. The van der Waals surface area contributed by atoms with Gasteiger partial charge in [-0.1, -0.05) is 43.3 Å². The van der Waals surface area contributed by atoms with E-state index in [2.05, 4.69) is 15.6 Å². The predicted molar refractivity (Wildman–Crippen MR) is 102 cm³/mol. The molecule has 0 saturated carbocycles. The van der Waals surface area contributed by atoms with Gasteiger partial charge in [-0.3, -0.25) is 4.79 Å². The Morgan fingerprint density at radius 1 is 1.11 bits per heavy atom. The summed E-state index contributed by atoms with van der Waals surface area (Å²) in [6.45, 7) is 1.95. The van der Waals surface area contributed by atoms with Gasteiger partial charge in [0.1, 0.15) is 11.9 Å². The number of nitrogens with one attached hydrogen (secondary N) is 2. The maximum Gasteiger partial charge on any atom is 0.433 e. The standard InChI is InChI=1S/C20H16F3N3OS/c1-11(12-6-3-2-4-7-12)18-25-16-13(14-8-5-9-28-14)10-15(20(21,22)23)24-17(16)19(27)26-18/h2-11,18,25H,1H3,(H,26,27). The lowest BCUT2D eigenvalue weighted by Gasteiger charge is -2.33. The Hall–Kier alpha value is -2.87. The highest BCUT2D eigenvalue weighted by atomic mass is 32.1. The summed E-state index contributed by atoms with van der Waals surface area (Å²) in [5.41, 5.74) is 0.330. The molecule has 0 spiro atoms. The van der Waals surface area contributed by atoms with Crippen LogP contribution in [0.15, 0.2) is 53.9 Å². The minimum atomic E-state index is -4.64. The first-order valence-corrected chi connectivity index (χ1v) is 9.51. The summed E-state index contributed by atoms with van der Waals surface area (Å²) in [6.07, 6.45) is -5.12. The van der Waals surface area contributed by atoms with Crippen molar-refractivity contribution in [3.05, 3.63) is 70.9 Å². The summed E-state index contributed by atoms with van der Waals surface area (Å²) in [6, 6.07) is 14.1. The lowest BCUT2D eigenvalue weighted by molar-refractivity contribution is -0.141. The van der Waals surface area contributed by atoms with Crippen molar-refractivity contribution in [2.75, 3.05) is 5.32 Å². The Labute approximate surface area is 163 Å². The molecule has 1 aliphatic heterocycles. The van der Waals surface area contributed by atoms with E-state index in [1.165, 1.54) is 11.3 Å². The molecule has 1 aromatic carbocycles. The monoisotopic (exact) mass is 403 g/mol. The van der Waals surface area contributed by atoms with Crippen molar-refractivity contribution < 1.29 is 18.0 Å². The third kappa shape index (κ3) is 3.35. The molecule has 2 unspecified atom stereocenters. The molecule has 0 saturated heterocycles. The first kappa shape index (κ1) is 18.5. The molecule has 4 nitrogen and oxygen atoms in total. The van der Waals surface area contributed by atoms with Crippen LogP contribution in [-0.4, -0.2) is 17.1 Å². The number of hydrogen-bond acceptors (Lipinski definition) is 4. The second-order valence-corrected chi connectivity index (χ2v) is 7.50. The molecule has 4 rings (SSSR count). The topological polar surface area (TPSA) is 54.0 Å². The molecule has 3 heterocycles. The molecule has 2 aromatic heterocycles. The lowest BCUT2D eigenvalue weighted by Crippen LogP contribution is -2.48. The molecule has 0 fully saturated rings. The van der Waals surface area contributed by atoms with Crippen molar-refractivity contribution in [1.82, 2.24) is 10.3 Å². The predicted octanol–water partition coefficient (Wildman–Crippen LogP) is 5.11. The molecular formula is C20H16F3N3OS. The van der Waals surface area contributed by atoms with Crippen LogP contribution in [0, 0.1) is 0 Å². The maximum absolute atomic E-state index is 13.3. The first-order valence-electron chi connectivity index (χ1n) is 8.63. The first-order chi connectivity index (χ1) is 13.3. The van der Waals surface area contributed by atoms with Crippen LogP contribution in [0.4, 0.5) is 18.9 Å². The number of rotatable bonds is 3. The number of thiophene rings is 1.